The van der Waals surface area contributed by atoms with Crippen LogP contribution < -0.4 is 24.6 Å². The minimum atomic E-state index is 0.0508. The Hall–Kier alpha value is -2.44. The van der Waals surface area contributed by atoms with Crippen molar-refractivity contribution in [3.05, 3.63) is 53.6 Å². The van der Waals surface area contributed by atoms with Crippen LogP contribution in [-0.4, -0.2) is 58.9 Å². The number of amides is 1. The lowest BCUT2D eigenvalue weighted by Gasteiger charge is -2.33. The van der Waals surface area contributed by atoms with Gasteiger partial charge in [-0.2, -0.15) is 0 Å². The van der Waals surface area contributed by atoms with Crippen molar-refractivity contribution < 1.29 is 19.2 Å². The number of hydrogen-bond donors (Lipinski definition) is 2. The smallest absolute Gasteiger partial charge is 0.275 e. The highest BCUT2D eigenvalue weighted by molar-refractivity contribution is 6.30. The van der Waals surface area contributed by atoms with Crippen LogP contribution in [0.3, 0.4) is 0 Å². The minimum absolute atomic E-state index is 0.0508. The molecule has 0 bridgehead atoms. The first kappa shape index (κ1) is 20.3. The molecule has 0 aliphatic carbocycles. The number of piperazine rings is 1. The summed E-state index contributed by atoms with van der Waals surface area (Å²) in [6.07, 6.45) is 0. The number of nitrogens with one attached hydrogen (secondary N) is 2. The Morgan fingerprint density at radius 3 is 2.61 bits per heavy atom. The van der Waals surface area contributed by atoms with Gasteiger partial charge in [-0.05, 0) is 30.3 Å². The van der Waals surface area contributed by atoms with Crippen molar-refractivity contribution in [2.75, 3.05) is 57.9 Å². The average molecular weight is 405 g/mol. The Morgan fingerprint density at radius 1 is 1.14 bits per heavy atom. The van der Waals surface area contributed by atoms with E-state index in [9.17, 15) is 4.79 Å². The second-order valence-corrected chi connectivity index (χ2v) is 7.18. The fraction of sp³-hybridized carbons (Fsp3) is 0.381. The van der Waals surface area contributed by atoms with Crippen LogP contribution in [0.25, 0.3) is 0 Å². The van der Waals surface area contributed by atoms with E-state index in [1.54, 1.807) is 7.11 Å². The molecule has 1 fully saturated rings. The van der Waals surface area contributed by atoms with E-state index in [-0.39, 0.29) is 5.91 Å². The Morgan fingerprint density at radius 2 is 1.89 bits per heavy atom. The van der Waals surface area contributed by atoms with Crippen LogP contribution in [0.4, 0.5) is 5.69 Å². The van der Waals surface area contributed by atoms with Gasteiger partial charge in [0.25, 0.3) is 5.91 Å². The molecule has 1 saturated heterocycles. The van der Waals surface area contributed by atoms with Gasteiger partial charge in [-0.1, -0.05) is 29.8 Å². The van der Waals surface area contributed by atoms with Crippen molar-refractivity contribution in [1.82, 2.24) is 5.32 Å². The molecule has 0 radical (unpaired) electrons. The lowest BCUT2D eigenvalue weighted by molar-refractivity contribution is -0.892. The molecule has 2 N–H and O–H groups in total. The standard InChI is InChI=1S/C21H26ClN3O3/c1-27-19-7-2-3-8-20(19)28-14-9-23-21(26)16-24-10-12-25(13-11-24)18-6-4-5-17(22)15-18/h2-8,15H,9-14,16H2,1H3,(H,23,26)/p+1. The van der Waals surface area contributed by atoms with Gasteiger partial charge in [-0.3, -0.25) is 4.79 Å². The van der Waals surface area contributed by atoms with Crippen molar-refractivity contribution in [3.8, 4) is 11.5 Å². The number of ether oxygens (including phenoxy) is 2. The fourth-order valence-electron chi connectivity index (χ4n) is 3.31. The third-order valence-corrected chi connectivity index (χ3v) is 5.04. The number of halogens is 1. The Kier molecular flexibility index (Phi) is 7.39. The number of methoxy groups -OCH3 is 1. The molecule has 0 spiro atoms. The summed E-state index contributed by atoms with van der Waals surface area (Å²) in [5.74, 6) is 1.42. The van der Waals surface area contributed by atoms with Crippen LogP contribution in [-0.2, 0) is 4.79 Å². The highest BCUT2D eigenvalue weighted by atomic mass is 35.5. The summed E-state index contributed by atoms with van der Waals surface area (Å²) in [6.45, 7) is 5.05. The SMILES string of the molecule is COc1ccccc1OCCNC(=O)C[NH+]1CCN(c2cccc(Cl)c2)CC1. The molecule has 6 nitrogen and oxygen atoms in total. The largest absolute Gasteiger partial charge is 0.493 e. The average Bonchev–Trinajstić information content (AvgIpc) is 2.72. The van der Waals surface area contributed by atoms with Gasteiger partial charge in [0.05, 0.1) is 39.8 Å². The van der Waals surface area contributed by atoms with Gasteiger partial charge in [0.1, 0.15) is 6.61 Å². The molecule has 3 rings (SSSR count). The van der Waals surface area contributed by atoms with Crippen molar-refractivity contribution in [1.29, 1.82) is 0 Å². The second kappa shape index (κ2) is 10.2. The van der Waals surface area contributed by atoms with E-state index >= 15 is 0 Å². The summed E-state index contributed by atoms with van der Waals surface area (Å²) in [4.78, 5) is 15.8. The molecule has 0 aromatic heterocycles. The summed E-state index contributed by atoms with van der Waals surface area (Å²) in [5, 5.41) is 3.68. The van der Waals surface area contributed by atoms with E-state index in [1.807, 2.05) is 42.5 Å². The van der Waals surface area contributed by atoms with Crippen molar-refractivity contribution >= 4 is 23.2 Å². The zero-order valence-corrected chi connectivity index (χ0v) is 16.9. The maximum absolute atomic E-state index is 12.2. The maximum Gasteiger partial charge on any atom is 0.275 e. The second-order valence-electron chi connectivity index (χ2n) is 6.74. The molecule has 2 aromatic rings. The van der Waals surface area contributed by atoms with Gasteiger partial charge >= 0.3 is 0 Å². The van der Waals surface area contributed by atoms with Gasteiger partial charge in [-0.25, -0.2) is 0 Å². The summed E-state index contributed by atoms with van der Waals surface area (Å²) in [7, 11) is 1.61. The van der Waals surface area contributed by atoms with E-state index in [0.29, 0.717) is 31.2 Å². The number of carbonyl (C=O) groups excluding carboxylic acids is 1. The number of anilines is 1. The van der Waals surface area contributed by atoms with E-state index in [1.165, 1.54) is 4.90 Å². The summed E-state index contributed by atoms with van der Waals surface area (Å²) in [6, 6.07) is 15.4. The van der Waals surface area contributed by atoms with Gasteiger partial charge in [-0.15, -0.1) is 0 Å². The molecule has 1 aliphatic heterocycles. The van der Waals surface area contributed by atoms with Crippen LogP contribution in [0.15, 0.2) is 48.5 Å². The molecule has 0 saturated carbocycles. The van der Waals surface area contributed by atoms with Gasteiger partial charge in [0.2, 0.25) is 0 Å². The molecule has 2 aromatic carbocycles. The summed E-state index contributed by atoms with van der Waals surface area (Å²) >= 11 is 6.08. The molecule has 1 amide bonds. The lowest BCUT2D eigenvalue weighted by atomic mass is 10.2. The normalized spacial score (nSPS) is 14.6. The number of carbonyl (C=O) groups is 1. The topological polar surface area (TPSA) is 55.2 Å². The van der Waals surface area contributed by atoms with Crippen molar-refractivity contribution in [2.24, 2.45) is 0 Å². The maximum atomic E-state index is 12.2. The first-order valence-electron chi connectivity index (χ1n) is 9.52. The van der Waals surface area contributed by atoms with Gasteiger partial charge < -0.3 is 24.6 Å². The highest BCUT2D eigenvalue weighted by Crippen LogP contribution is 2.25. The third kappa shape index (κ3) is 5.78. The minimum Gasteiger partial charge on any atom is -0.493 e. The number of hydrogen-bond acceptors (Lipinski definition) is 4. The Balaban J connectivity index is 1.34. The zero-order valence-electron chi connectivity index (χ0n) is 16.1. The monoisotopic (exact) mass is 404 g/mol. The number of nitrogens with zero attached hydrogens (tertiary/aromatic N) is 1. The number of quaternary nitrogens is 1. The fourth-order valence-corrected chi connectivity index (χ4v) is 3.49. The zero-order chi connectivity index (χ0) is 19.8. The molecule has 150 valence electrons. The van der Waals surface area contributed by atoms with E-state index in [4.69, 9.17) is 21.1 Å². The Bertz CT molecular complexity index is 779. The molecule has 28 heavy (non-hydrogen) atoms. The third-order valence-electron chi connectivity index (χ3n) is 4.81. The van der Waals surface area contributed by atoms with Crippen molar-refractivity contribution in [3.63, 3.8) is 0 Å². The first-order chi connectivity index (χ1) is 13.7. The molecule has 0 unspecified atom stereocenters. The molecule has 1 aliphatic rings. The van der Waals surface area contributed by atoms with Gasteiger partial charge in [0.15, 0.2) is 18.0 Å². The van der Waals surface area contributed by atoms with Gasteiger partial charge in [0, 0.05) is 10.7 Å². The van der Waals surface area contributed by atoms with Crippen LogP contribution in [0.2, 0.25) is 5.02 Å². The molecule has 1 heterocycles. The number of para-hydroxylation sites is 2. The predicted octanol–water partition coefficient (Wildman–Crippen LogP) is 1.25. The molecular weight excluding hydrogens is 378 g/mol. The molecular formula is C21H27ClN3O3+. The van der Waals surface area contributed by atoms with Crippen LogP contribution >= 0.6 is 11.6 Å². The first-order valence-corrected chi connectivity index (χ1v) is 9.90. The van der Waals surface area contributed by atoms with E-state index in [0.717, 1.165) is 36.9 Å². The van der Waals surface area contributed by atoms with Crippen molar-refractivity contribution in [2.45, 2.75) is 0 Å². The number of benzene rings is 2. The van der Waals surface area contributed by atoms with Crippen LogP contribution in [0.5, 0.6) is 11.5 Å². The van der Waals surface area contributed by atoms with Crippen LogP contribution in [0.1, 0.15) is 0 Å². The lowest BCUT2D eigenvalue weighted by Crippen LogP contribution is -3.16. The molecule has 0 atom stereocenters. The summed E-state index contributed by atoms with van der Waals surface area (Å²) < 4.78 is 10.9. The quantitative estimate of drug-likeness (QED) is 0.650. The van der Waals surface area contributed by atoms with Crippen LogP contribution in [0, 0.1) is 0 Å². The number of rotatable bonds is 8. The Labute approximate surface area is 171 Å². The van der Waals surface area contributed by atoms with E-state index in [2.05, 4.69) is 16.3 Å². The highest BCUT2D eigenvalue weighted by Gasteiger charge is 2.22. The van der Waals surface area contributed by atoms with E-state index < -0.39 is 0 Å². The predicted molar refractivity (Wildman–Crippen MR) is 111 cm³/mol. The summed E-state index contributed by atoms with van der Waals surface area (Å²) in [5.41, 5.74) is 1.14. The molecule has 7 heteroatoms.